The minimum Gasteiger partial charge on any atom is -0.497 e. The zero-order valence-corrected chi connectivity index (χ0v) is 14.2. The maximum absolute atomic E-state index is 12.7. The lowest BCUT2D eigenvalue weighted by Gasteiger charge is -2.34. The molecule has 1 fully saturated rings. The Morgan fingerprint density at radius 1 is 1.26 bits per heavy atom. The summed E-state index contributed by atoms with van der Waals surface area (Å²) in [6.07, 6.45) is 0.450. The van der Waals surface area contributed by atoms with Crippen molar-refractivity contribution in [3.8, 4) is 5.75 Å². The van der Waals surface area contributed by atoms with E-state index in [2.05, 4.69) is 16.8 Å². The van der Waals surface area contributed by atoms with Crippen LogP contribution >= 0.6 is 0 Å². The zero-order valence-electron chi connectivity index (χ0n) is 14.2. The number of hydrogen-bond donors (Lipinski definition) is 1. The summed E-state index contributed by atoms with van der Waals surface area (Å²) in [5.41, 5.74) is 3.21. The van der Waals surface area contributed by atoms with Gasteiger partial charge in [-0.05, 0) is 37.2 Å². The summed E-state index contributed by atoms with van der Waals surface area (Å²) in [6.45, 7) is 8.87. The molecule has 1 amide bonds. The van der Waals surface area contributed by atoms with Crippen LogP contribution in [0.3, 0.4) is 0 Å². The van der Waals surface area contributed by atoms with E-state index in [1.54, 1.807) is 7.11 Å². The number of methoxy groups -OCH3 is 1. The molecule has 0 saturated carbocycles. The standard InChI is InChI=1S/C18H25N3O2/c1-4-20-7-9-21(10-8-20)18(22)12-15-13(2)19-17-6-5-14(23-3)11-16(15)17/h5-6,11,19H,4,7-10,12H2,1-3H3. The third kappa shape index (κ3) is 3.20. The maximum Gasteiger partial charge on any atom is 0.227 e. The Bertz CT molecular complexity index is 700. The lowest BCUT2D eigenvalue weighted by atomic mass is 10.1. The van der Waals surface area contributed by atoms with Gasteiger partial charge in [0.2, 0.25) is 5.91 Å². The average molecular weight is 315 g/mol. The topological polar surface area (TPSA) is 48.6 Å². The molecule has 23 heavy (non-hydrogen) atoms. The number of hydrogen-bond acceptors (Lipinski definition) is 3. The van der Waals surface area contributed by atoms with E-state index in [-0.39, 0.29) is 5.91 Å². The molecule has 2 aromatic rings. The fraction of sp³-hybridized carbons (Fsp3) is 0.500. The van der Waals surface area contributed by atoms with Gasteiger partial charge >= 0.3 is 0 Å². The maximum atomic E-state index is 12.7. The van der Waals surface area contributed by atoms with Gasteiger partial charge in [-0.3, -0.25) is 4.79 Å². The number of aryl methyl sites for hydroxylation is 1. The van der Waals surface area contributed by atoms with Crippen molar-refractivity contribution in [2.45, 2.75) is 20.3 Å². The van der Waals surface area contributed by atoms with Gasteiger partial charge in [-0.25, -0.2) is 0 Å². The van der Waals surface area contributed by atoms with Gasteiger partial charge in [0, 0.05) is 42.8 Å². The van der Waals surface area contributed by atoms with E-state index in [1.165, 1.54) is 0 Å². The van der Waals surface area contributed by atoms with E-state index in [0.29, 0.717) is 6.42 Å². The van der Waals surface area contributed by atoms with Crippen LogP contribution in [0.1, 0.15) is 18.2 Å². The van der Waals surface area contributed by atoms with Crippen molar-refractivity contribution in [3.05, 3.63) is 29.5 Å². The molecule has 1 aliphatic rings. The molecule has 124 valence electrons. The Morgan fingerprint density at radius 3 is 2.65 bits per heavy atom. The molecule has 1 aromatic heterocycles. The zero-order chi connectivity index (χ0) is 16.4. The van der Waals surface area contributed by atoms with Crippen molar-refractivity contribution >= 4 is 16.8 Å². The Balaban J connectivity index is 1.78. The molecule has 3 rings (SSSR count). The number of nitrogens with zero attached hydrogens (tertiary/aromatic N) is 2. The smallest absolute Gasteiger partial charge is 0.227 e. The predicted molar refractivity (Wildman–Crippen MR) is 92.0 cm³/mol. The normalized spacial score (nSPS) is 16.0. The molecule has 0 spiro atoms. The van der Waals surface area contributed by atoms with Crippen LogP contribution < -0.4 is 4.74 Å². The van der Waals surface area contributed by atoms with Crippen molar-refractivity contribution in [3.63, 3.8) is 0 Å². The molecule has 2 heterocycles. The molecule has 5 heteroatoms. The molecule has 0 radical (unpaired) electrons. The molecular formula is C18H25N3O2. The number of benzene rings is 1. The summed E-state index contributed by atoms with van der Waals surface area (Å²) in [5, 5.41) is 1.09. The minimum atomic E-state index is 0.215. The first-order valence-corrected chi connectivity index (χ1v) is 8.27. The van der Waals surface area contributed by atoms with E-state index in [4.69, 9.17) is 4.74 Å². The summed E-state index contributed by atoms with van der Waals surface area (Å²) >= 11 is 0. The summed E-state index contributed by atoms with van der Waals surface area (Å²) in [4.78, 5) is 20.4. The van der Waals surface area contributed by atoms with Crippen molar-refractivity contribution in [1.82, 2.24) is 14.8 Å². The van der Waals surface area contributed by atoms with Crippen LogP contribution in [0.5, 0.6) is 5.75 Å². The highest BCUT2D eigenvalue weighted by molar-refractivity contribution is 5.91. The minimum absolute atomic E-state index is 0.215. The molecule has 1 N–H and O–H groups in total. The number of H-pyrrole nitrogens is 1. The Kier molecular flexibility index (Phi) is 4.57. The second-order valence-electron chi connectivity index (χ2n) is 6.13. The van der Waals surface area contributed by atoms with Crippen LogP contribution in [-0.4, -0.2) is 60.5 Å². The van der Waals surface area contributed by atoms with Crippen molar-refractivity contribution in [2.75, 3.05) is 39.8 Å². The monoisotopic (exact) mass is 315 g/mol. The summed E-state index contributed by atoms with van der Waals surface area (Å²) < 4.78 is 5.32. The predicted octanol–water partition coefficient (Wildman–Crippen LogP) is 2.19. The van der Waals surface area contributed by atoms with Crippen LogP contribution in [0.25, 0.3) is 10.9 Å². The van der Waals surface area contributed by atoms with E-state index in [1.807, 2.05) is 30.0 Å². The van der Waals surface area contributed by atoms with Gasteiger partial charge < -0.3 is 19.5 Å². The molecule has 1 aromatic carbocycles. The highest BCUT2D eigenvalue weighted by atomic mass is 16.5. The molecule has 1 saturated heterocycles. The number of aromatic nitrogens is 1. The van der Waals surface area contributed by atoms with Crippen LogP contribution in [0.4, 0.5) is 0 Å². The molecule has 0 aliphatic carbocycles. The van der Waals surface area contributed by atoms with E-state index >= 15 is 0 Å². The quantitative estimate of drug-likeness (QED) is 0.941. The molecule has 0 bridgehead atoms. The number of fused-ring (bicyclic) bond motifs is 1. The molecular weight excluding hydrogens is 290 g/mol. The summed E-state index contributed by atoms with van der Waals surface area (Å²) in [7, 11) is 1.67. The third-order valence-corrected chi connectivity index (χ3v) is 4.83. The highest BCUT2D eigenvalue weighted by Gasteiger charge is 2.22. The fourth-order valence-corrected chi connectivity index (χ4v) is 3.29. The van der Waals surface area contributed by atoms with Gasteiger partial charge in [-0.15, -0.1) is 0 Å². The number of piperazine rings is 1. The molecule has 1 aliphatic heterocycles. The van der Waals surface area contributed by atoms with Gasteiger partial charge in [-0.2, -0.15) is 0 Å². The van der Waals surface area contributed by atoms with E-state index in [9.17, 15) is 4.79 Å². The van der Waals surface area contributed by atoms with Gasteiger partial charge in [-0.1, -0.05) is 6.92 Å². The van der Waals surface area contributed by atoms with Gasteiger partial charge in [0.1, 0.15) is 5.75 Å². The van der Waals surface area contributed by atoms with Gasteiger partial charge in [0.15, 0.2) is 0 Å². The largest absolute Gasteiger partial charge is 0.497 e. The number of aromatic amines is 1. The first kappa shape index (κ1) is 15.9. The van der Waals surface area contributed by atoms with Crippen LogP contribution in [0, 0.1) is 6.92 Å². The average Bonchev–Trinajstić information content (AvgIpc) is 2.89. The SMILES string of the molecule is CCN1CCN(C(=O)Cc2c(C)[nH]c3ccc(OC)cc23)CC1. The number of carbonyl (C=O) groups excluding carboxylic acids is 1. The van der Waals surface area contributed by atoms with Gasteiger partial charge in [0.25, 0.3) is 0 Å². The number of likely N-dealkylation sites (N-methyl/N-ethyl adjacent to an activating group) is 1. The molecule has 5 nitrogen and oxygen atoms in total. The highest BCUT2D eigenvalue weighted by Crippen LogP contribution is 2.27. The first-order valence-electron chi connectivity index (χ1n) is 8.27. The summed E-state index contributed by atoms with van der Waals surface area (Å²) in [5.74, 6) is 1.04. The first-order chi connectivity index (χ1) is 11.1. The third-order valence-electron chi connectivity index (χ3n) is 4.83. The number of amides is 1. The van der Waals surface area contributed by atoms with Gasteiger partial charge in [0.05, 0.1) is 13.5 Å². The Hall–Kier alpha value is -2.01. The van der Waals surface area contributed by atoms with Crippen LogP contribution in [-0.2, 0) is 11.2 Å². The van der Waals surface area contributed by atoms with E-state index < -0.39 is 0 Å². The lowest BCUT2D eigenvalue weighted by Crippen LogP contribution is -2.48. The second-order valence-corrected chi connectivity index (χ2v) is 6.13. The second kappa shape index (κ2) is 6.62. The Labute approximate surface area is 137 Å². The Morgan fingerprint density at radius 2 is 2.00 bits per heavy atom. The number of ether oxygens (including phenoxy) is 1. The molecule has 0 atom stereocenters. The van der Waals surface area contributed by atoms with Crippen molar-refractivity contribution < 1.29 is 9.53 Å². The summed E-state index contributed by atoms with van der Waals surface area (Å²) in [6, 6.07) is 5.96. The number of rotatable bonds is 4. The van der Waals surface area contributed by atoms with E-state index in [0.717, 1.165) is 60.6 Å². The number of carbonyl (C=O) groups is 1. The van der Waals surface area contributed by atoms with Crippen LogP contribution in [0.15, 0.2) is 18.2 Å². The van der Waals surface area contributed by atoms with Crippen molar-refractivity contribution in [2.24, 2.45) is 0 Å². The molecule has 0 unspecified atom stereocenters. The van der Waals surface area contributed by atoms with Crippen molar-refractivity contribution in [1.29, 1.82) is 0 Å². The lowest BCUT2D eigenvalue weighted by molar-refractivity contribution is -0.132. The van der Waals surface area contributed by atoms with Crippen LogP contribution in [0.2, 0.25) is 0 Å². The number of nitrogens with one attached hydrogen (secondary N) is 1. The fourth-order valence-electron chi connectivity index (χ4n) is 3.29.